The Bertz CT molecular complexity index is 1340. The first kappa shape index (κ1) is 23.9. The lowest BCUT2D eigenvalue weighted by atomic mass is 9.96. The van der Waals surface area contributed by atoms with E-state index in [1.807, 2.05) is 25.1 Å². The average molecular weight is 497 g/mol. The molecule has 34 heavy (non-hydrogen) atoms. The number of halogens is 1. The number of benzene rings is 3. The maximum Gasteiger partial charge on any atom is 0.344 e. The molecule has 1 aliphatic rings. The molecule has 176 valence electrons. The second kappa shape index (κ2) is 9.58. The Balaban J connectivity index is 1.58. The van der Waals surface area contributed by atoms with Crippen molar-refractivity contribution in [3.8, 4) is 11.1 Å². The molecule has 0 aliphatic carbocycles. The molecule has 7 nitrogen and oxygen atoms in total. The van der Waals surface area contributed by atoms with Crippen LogP contribution in [0, 0.1) is 0 Å². The van der Waals surface area contributed by atoms with E-state index in [-0.39, 0.29) is 17.0 Å². The third-order valence-electron chi connectivity index (χ3n) is 5.86. The van der Waals surface area contributed by atoms with Gasteiger partial charge in [-0.3, -0.25) is 4.90 Å². The molecule has 0 aromatic heterocycles. The van der Waals surface area contributed by atoms with Gasteiger partial charge in [0.15, 0.2) is 0 Å². The van der Waals surface area contributed by atoms with Crippen molar-refractivity contribution in [3.63, 3.8) is 0 Å². The van der Waals surface area contributed by atoms with E-state index in [1.165, 1.54) is 12.1 Å². The molecular formula is C25H25ClN4O3S. The summed E-state index contributed by atoms with van der Waals surface area (Å²) in [5.74, 6) is 0. The zero-order chi connectivity index (χ0) is 24.5. The quantitative estimate of drug-likeness (QED) is 0.565. The van der Waals surface area contributed by atoms with Crippen molar-refractivity contribution in [3.05, 3.63) is 82.9 Å². The highest BCUT2D eigenvalue weighted by Crippen LogP contribution is 2.27. The summed E-state index contributed by atoms with van der Waals surface area (Å²) in [7, 11) is -0.389. The lowest BCUT2D eigenvalue weighted by Crippen LogP contribution is -2.43. The Kier molecular flexibility index (Phi) is 6.74. The Morgan fingerprint density at radius 3 is 2.35 bits per heavy atom. The van der Waals surface area contributed by atoms with Crippen molar-refractivity contribution in [2.75, 3.05) is 19.0 Å². The fraction of sp³-hybridized carbons (Fsp3) is 0.200. The molecule has 3 aromatic rings. The second-order valence-electron chi connectivity index (χ2n) is 8.11. The van der Waals surface area contributed by atoms with Gasteiger partial charge in [-0.05, 0) is 85.1 Å². The average Bonchev–Trinajstić information content (AvgIpc) is 3.01. The number of carbonyl (C=O) groups excluding carboxylic acids is 1. The minimum Gasteiger partial charge on any atom is -0.296 e. The van der Waals surface area contributed by atoms with Gasteiger partial charge in [0.2, 0.25) is 10.0 Å². The number of rotatable bonds is 4. The van der Waals surface area contributed by atoms with Crippen LogP contribution in [0.5, 0.6) is 0 Å². The number of fused-ring (bicyclic) bond motifs is 1. The van der Waals surface area contributed by atoms with Gasteiger partial charge in [-0.1, -0.05) is 35.9 Å². The maximum absolute atomic E-state index is 13.2. The molecule has 0 radical (unpaired) electrons. The lowest BCUT2D eigenvalue weighted by Gasteiger charge is -2.28. The van der Waals surface area contributed by atoms with Crippen molar-refractivity contribution in [2.45, 2.75) is 24.3 Å². The molecule has 1 N–H and O–H groups in total. The first-order chi connectivity index (χ1) is 16.2. The molecule has 2 amide bonds. The van der Waals surface area contributed by atoms with Gasteiger partial charge in [-0.15, -0.1) is 0 Å². The smallest absolute Gasteiger partial charge is 0.296 e. The number of anilines is 1. The number of hydrogen-bond acceptors (Lipinski definition) is 4. The molecule has 0 fully saturated rings. The van der Waals surface area contributed by atoms with Crippen LogP contribution in [0.2, 0.25) is 5.02 Å². The minimum absolute atomic E-state index is 0.142. The van der Waals surface area contributed by atoms with Gasteiger partial charge in [-0.2, -0.15) is 5.10 Å². The van der Waals surface area contributed by atoms with Crippen molar-refractivity contribution >= 4 is 39.6 Å². The van der Waals surface area contributed by atoms with Gasteiger partial charge in [0.25, 0.3) is 0 Å². The molecule has 0 spiro atoms. The highest BCUT2D eigenvalue weighted by atomic mass is 35.5. The number of nitrogens with one attached hydrogen (secondary N) is 1. The number of urea groups is 1. The van der Waals surface area contributed by atoms with Crippen molar-refractivity contribution in [1.29, 1.82) is 0 Å². The Morgan fingerprint density at radius 2 is 1.71 bits per heavy atom. The molecule has 0 bridgehead atoms. The second-order valence-corrected chi connectivity index (χ2v) is 10.4. The normalized spacial score (nSPS) is 15.5. The number of nitrogens with zero attached hydrogens (tertiary/aromatic N) is 3. The van der Waals surface area contributed by atoms with E-state index in [0.29, 0.717) is 11.4 Å². The molecule has 9 heteroatoms. The molecule has 0 saturated heterocycles. The Hall–Kier alpha value is -3.20. The number of carbonyl (C=O) groups is 1. The summed E-state index contributed by atoms with van der Waals surface area (Å²) in [4.78, 5) is 14.9. The summed E-state index contributed by atoms with van der Waals surface area (Å²) in [5, 5.41) is 6.60. The van der Waals surface area contributed by atoms with Crippen LogP contribution in [0.1, 0.15) is 18.1 Å². The van der Waals surface area contributed by atoms with Crippen LogP contribution < -0.4 is 9.62 Å². The summed E-state index contributed by atoms with van der Waals surface area (Å²) in [5.41, 5.74) is 4.55. The molecule has 1 aliphatic heterocycles. The van der Waals surface area contributed by atoms with Crippen molar-refractivity contribution < 1.29 is 13.2 Å². The predicted molar refractivity (Wildman–Crippen MR) is 136 cm³/mol. The van der Waals surface area contributed by atoms with Gasteiger partial charge in [0, 0.05) is 17.8 Å². The summed E-state index contributed by atoms with van der Waals surface area (Å²) in [6, 6.07) is 19.4. The first-order valence-corrected chi connectivity index (χ1v) is 12.6. The summed E-state index contributed by atoms with van der Waals surface area (Å²) >= 11 is 5.97. The predicted octanol–water partition coefficient (Wildman–Crippen LogP) is 4.75. The number of amides is 2. The van der Waals surface area contributed by atoms with Crippen LogP contribution in [0.3, 0.4) is 0 Å². The van der Waals surface area contributed by atoms with E-state index >= 15 is 0 Å². The number of hydrazone groups is 1. The van der Waals surface area contributed by atoms with Crippen LogP contribution in [0.15, 0.2) is 76.7 Å². The zero-order valence-corrected chi connectivity index (χ0v) is 20.6. The third kappa shape index (κ3) is 4.84. The summed E-state index contributed by atoms with van der Waals surface area (Å²) in [6.45, 7) is 1.97. The van der Waals surface area contributed by atoms with E-state index < -0.39 is 10.0 Å². The molecule has 4 rings (SSSR count). The lowest BCUT2D eigenvalue weighted by molar-refractivity contribution is 0.190. The molecule has 1 heterocycles. The molecule has 0 saturated carbocycles. The van der Waals surface area contributed by atoms with Gasteiger partial charge in [0.05, 0.1) is 17.2 Å². The highest BCUT2D eigenvalue weighted by molar-refractivity contribution is 7.89. The summed E-state index contributed by atoms with van der Waals surface area (Å²) in [6.07, 6.45) is 2.35. The number of hydrogen-bond donors (Lipinski definition) is 1. The van der Waals surface area contributed by atoms with Gasteiger partial charge >= 0.3 is 6.03 Å². The van der Waals surface area contributed by atoms with Crippen LogP contribution >= 0.6 is 11.6 Å². The van der Waals surface area contributed by atoms with Crippen molar-refractivity contribution in [2.24, 2.45) is 5.10 Å². The van der Waals surface area contributed by atoms with Gasteiger partial charge in [0.1, 0.15) is 0 Å². The molecule has 1 atom stereocenters. The Labute approximate surface area is 204 Å². The highest BCUT2D eigenvalue weighted by Gasteiger charge is 2.26. The van der Waals surface area contributed by atoms with Crippen LogP contribution in [0.4, 0.5) is 10.5 Å². The molecule has 1 unspecified atom stereocenters. The molecule has 3 aromatic carbocycles. The minimum atomic E-state index is -3.49. The van der Waals surface area contributed by atoms with Gasteiger partial charge < -0.3 is 0 Å². The van der Waals surface area contributed by atoms with Gasteiger partial charge in [-0.25, -0.2) is 22.9 Å². The standard InChI is InChI=1S/C25H25ClN4O3S/c1-17-14-19-4-5-20(18-6-12-24(13-7-18)34(32,33)27-2)15-21(19)16-28-30(17)25(31)29(3)23-10-8-22(26)9-11-23/h4-13,15-17,27H,14H2,1-3H3. The zero-order valence-electron chi connectivity index (χ0n) is 19.1. The SMILES string of the molecule is CNS(=O)(=O)c1ccc(-c2ccc3c(c2)C=NN(C(=O)N(C)c2ccc(Cl)cc2)C(C)C3)cc1. The fourth-order valence-electron chi connectivity index (χ4n) is 3.83. The Morgan fingerprint density at radius 1 is 1.06 bits per heavy atom. The monoisotopic (exact) mass is 496 g/mol. The van der Waals surface area contributed by atoms with E-state index in [2.05, 4.69) is 9.82 Å². The summed E-state index contributed by atoms with van der Waals surface area (Å²) < 4.78 is 26.3. The maximum atomic E-state index is 13.2. The van der Waals surface area contributed by atoms with Crippen molar-refractivity contribution in [1.82, 2.24) is 9.73 Å². The van der Waals surface area contributed by atoms with E-state index in [0.717, 1.165) is 27.9 Å². The number of sulfonamides is 1. The van der Waals surface area contributed by atoms with Crippen LogP contribution in [-0.4, -0.2) is 45.8 Å². The van der Waals surface area contributed by atoms with E-state index in [4.69, 9.17) is 11.6 Å². The van der Waals surface area contributed by atoms with Crippen LogP contribution in [0.25, 0.3) is 11.1 Å². The third-order valence-corrected chi connectivity index (χ3v) is 7.55. The first-order valence-electron chi connectivity index (χ1n) is 10.7. The van der Waals surface area contributed by atoms with E-state index in [1.54, 1.807) is 66.7 Å². The largest absolute Gasteiger partial charge is 0.344 e. The van der Waals surface area contributed by atoms with Crippen LogP contribution in [-0.2, 0) is 16.4 Å². The fourth-order valence-corrected chi connectivity index (χ4v) is 4.69. The molecular weight excluding hydrogens is 472 g/mol. The van der Waals surface area contributed by atoms with E-state index in [9.17, 15) is 13.2 Å². The topological polar surface area (TPSA) is 82.1 Å².